The number of ether oxygens (including phenoxy) is 6. The topological polar surface area (TPSA) is 307 Å². The van der Waals surface area contributed by atoms with Crippen LogP contribution in [0, 0.1) is 0 Å². The number of nitrogens with one attached hydrogen (secondary N) is 1. The van der Waals surface area contributed by atoms with E-state index in [1.807, 2.05) is 6.08 Å². The van der Waals surface area contributed by atoms with Crippen LogP contribution in [0.5, 0.6) is 0 Å². The van der Waals surface area contributed by atoms with Crippen LogP contribution < -0.4 is 5.32 Å². The first-order valence-corrected chi connectivity index (χ1v) is 29.6. The predicted octanol–water partition coefficient (Wildman–Crippen LogP) is 4.76. The van der Waals surface area contributed by atoms with Crippen LogP contribution in [0.2, 0.25) is 0 Å². The molecule has 3 saturated heterocycles. The maximum atomic E-state index is 13.1. The van der Waals surface area contributed by atoms with Crippen molar-refractivity contribution < 1.29 is 89.4 Å². The molecule has 0 spiro atoms. The summed E-state index contributed by atoms with van der Waals surface area (Å²) in [6, 6.07) is -0.982. The third kappa shape index (κ3) is 25.4. The molecular weight excluding hydrogens is 987 g/mol. The van der Waals surface area contributed by atoms with Crippen molar-refractivity contribution in [2.75, 3.05) is 26.4 Å². The fraction of sp³-hybridized carbons (Fsp3) is 0.912. The second-order valence-corrected chi connectivity index (χ2v) is 21.5. The Kier molecular flexibility index (Phi) is 37.2. The number of allylic oxidation sites excluding steroid dienone is 3. The largest absolute Gasteiger partial charge is 0.394 e. The Hall–Kier alpha value is -1.73. The van der Waals surface area contributed by atoms with E-state index in [9.17, 15) is 61.0 Å². The van der Waals surface area contributed by atoms with E-state index in [0.29, 0.717) is 12.8 Å². The standard InChI is InChI=1S/C57H105NO18/c1-3-5-7-9-11-12-13-14-15-16-17-18-19-20-21-22-23-24-25-26-27-28-29-30-32-34-41(62)40(58-45(63)35-33-31-10-8-6-4-2)39-71-55-51(69)48(66)53(43(37-60)73-55)76-57-52(70)49(67)54(44(38-61)74-57)75-56-50(68)47(65)46(64)42(36-59)72-56/h27-28,32,34,40-44,46-57,59-62,64-70H,3-26,29-31,33,35-39H2,1-2H3,(H,58,63)/b28-27+,34-32+. The smallest absolute Gasteiger partial charge is 0.220 e. The van der Waals surface area contributed by atoms with Crippen molar-refractivity contribution in [2.24, 2.45) is 0 Å². The van der Waals surface area contributed by atoms with Crippen LogP contribution in [-0.2, 0) is 33.2 Å². The molecule has 19 heteroatoms. The van der Waals surface area contributed by atoms with Gasteiger partial charge in [0.25, 0.3) is 0 Å². The molecule has 0 radical (unpaired) electrons. The summed E-state index contributed by atoms with van der Waals surface area (Å²) < 4.78 is 34.1. The van der Waals surface area contributed by atoms with Gasteiger partial charge < -0.3 is 89.9 Å². The number of aliphatic hydroxyl groups excluding tert-OH is 11. The van der Waals surface area contributed by atoms with Gasteiger partial charge in [-0.15, -0.1) is 0 Å². The average Bonchev–Trinajstić information content (AvgIpc) is 3.42. The quantitative estimate of drug-likeness (QED) is 0.0289. The fourth-order valence-corrected chi connectivity index (χ4v) is 10.1. The van der Waals surface area contributed by atoms with Gasteiger partial charge in [-0.25, -0.2) is 0 Å². The highest BCUT2D eigenvalue weighted by molar-refractivity contribution is 5.76. The Labute approximate surface area is 454 Å². The Morgan fingerprint density at radius 1 is 0.461 bits per heavy atom. The minimum absolute atomic E-state index is 0.234. The van der Waals surface area contributed by atoms with E-state index < -0.39 is 124 Å². The molecule has 3 rings (SSSR count). The molecular formula is C57H105NO18. The minimum Gasteiger partial charge on any atom is -0.394 e. The molecule has 0 saturated carbocycles. The lowest BCUT2D eigenvalue weighted by Crippen LogP contribution is -2.66. The molecule has 3 aliphatic heterocycles. The van der Waals surface area contributed by atoms with Gasteiger partial charge >= 0.3 is 0 Å². The lowest BCUT2D eigenvalue weighted by atomic mass is 9.96. The average molecular weight is 1090 g/mol. The van der Waals surface area contributed by atoms with Gasteiger partial charge in [-0.3, -0.25) is 4.79 Å². The first-order valence-electron chi connectivity index (χ1n) is 29.6. The van der Waals surface area contributed by atoms with Gasteiger partial charge in [0.1, 0.15) is 73.2 Å². The van der Waals surface area contributed by atoms with Crippen LogP contribution in [0.3, 0.4) is 0 Å². The fourth-order valence-electron chi connectivity index (χ4n) is 10.1. The Morgan fingerprint density at radius 2 is 0.842 bits per heavy atom. The molecule has 0 aromatic rings. The van der Waals surface area contributed by atoms with Crippen molar-refractivity contribution in [1.82, 2.24) is 5.32 Å². The first kappa shape index (κ1) is 68.5. The van der Waals surface area contributed by atoms with E-state index in [1.54, 1.807) is 6.08 Å². The summed E-state index contributed by atoms with van der Waals surface area (Å²) in [6.07, 6.45) is 15.2. The zero-order chi connectivity index (χ0) is 55.5. The molecule has 0 aliphatic carbocycles. The zero-order valence-corrected chi connectivity index (χ0v) is 46.2. The molecule has 76 heavy (non-hydrogen) atoms. The van der Waals surface area contributed by atoms with Crippen molar-refractivity contribution in [3.05, 3.63) is 24.3 Å². The highest BCUT2D eigenvalue weighted by Gasteiger charge is 2.53. The number of hydrogen-bond donors (Lipinski definition) is 12. The summed E-state index contributed by atoms with van der Waals surface area (Å²) in [6.45, 7) is 1.62. The van der Waals surface area contributed by atoms with Gasteiger partial charge in [0.2, 0.25) is 5.91 Å². The Morgan fingerprint density at radius 3 is 1.32 bits per heavy atom. The summed E-state index contributed by atoms with van der Waals surface area (Å²) in [4.78, 5) is 13.1. The van der Waals surface area contributed by atoms with Gasteiger partial charge in [-0.1, -0.05) is 186 Å². The number of amides is 1. The molecule has 3 heterocycles. The molecule has 3 aliphatic rings. The van der Waals surface area contributed by atoms with E-state index >= 15 is 0 Å². The van der Waals surface area contributed by atoms with Crippen molar-refractivity contribution >= 4 is 5.91 Å². The Balaban J connectivity index is 1.43. The number of aliphatic hydroxyl groups is 11. The predicted molar refractivity (Wildman–Crippen MR) is 286 cm³/mol. The van der Waals surface area contributed by atoms with Crippen LogP contribution >= 0.6 is 0 Å². The number of rotatable bonds is 43. The van der Waals surface area contributed by atoms with Crippen LogP contribution in [0.4, 0.5) is 0 Å². The molecule has 0 aromatic carbocycles. The van der Waals surface area contributed by atoms with Gasteiger partial charge in [0.15, 0.2) is 18.9 Å². The highest BCUT2D eigenvalue weighted by Crippen LogP contribution is 2.33. The third-order valence-corrected chi connectivity index (χ3v) is 15.0. The summed E-state index contributed by atoms with van der Waals surface area (Å²) in [5.41, 5.74) is 0. The van der Waals surface area contributed by atoms with E-state index in [2.05, 4.69) is 31.3 Å². The third-order valence-electron chi connectivity index (χ3n) is 15.0. The van der Waals surface area contributed by atoms with Gasteiger partial charge in [0.05, 0.1) is 38.6 Å². The highest BCUT2D eigenvalue weighted by atomic mass is 16.8. The first-order chi connectivity index (χ1) is 36.8. The molecule has 0 bridgehead atoms. The number of unbranched alkanes of at least 4 members (excludes halogenated alkanes) is 25. The SMILES string of the molecule is CCCCCCCCCCCCCCCCCCCCC/C=C/CC/C=C/C(O)C(COC1OC(CO)C(OC2OC(CO)C(OC3OC(CO)C(O)C(O)C3O)C(O)C2O)C(O)C1O)NC(=O)CCCCCCCC. The van der Waals surface area contributed by atoms with Crippen LogP contribution in [0.25, 0.3) is 0 Å². The normalized spacial score (nSPS) is 31.1. The monoisotopic (exact) mass is 1090 g/mol. The van der Waals surface area contributed by atoms with Crippen molar-refractivity contribution in [1.29, 1.82) is 0 Å². The van der Waals surface area contributed by atoms with E-state index in [-0.39, 0.29) is 18.9 Å². The maximum Gasteiger partial charge on any atom is 0.220 e. The van der Waals surface area contributed by atoms with Gasteiger partial charge in [0, 0.05) is 6.42 Å². The minimum atomic E-state index is -1.98. The summed E-state index contributed by atoms with van der Waals surface area (Å²) in [5, 5.41) is 120. The lowest BCUT2D eigenvalue weighted by molar-refractivity contribution is -0.379. The van der Waals surface area contributed by atoms with Gasteiger partial charge in [-0.2, -0.15) is 0 Å². The van der Waals surface area contributed by atoms with Crippen molar-refractivity contribution in [2.45, 2.75) is 304 Å². The summed E-state index contributed by atoms with van der Waals surface area (Å²) in [5.74, 6) is -0.295. The van der Waals surface area contributed by atoms with E-state index in [1.165, 1.54) is 116 Å². The molecule has 12 N–H and O–H groups in total. The molecule has 1 amide bonds. The summed E-state index contributed by atoms with van der Waals surface area (Å²) in [7, 11) is 0. The van der Waals surface area contributed by atoms with Crippen molar-refractivity contribution in [3.8, 4) is 0 Å². The van der Waals surface area contributed by atoms with E-state index in [4.69, 9.17) is 28.4 Å². The molecule has 19 nitrogen and oxygen atoms in total. The number of carbonyl (C=O) groups excluding carboxylic acids is 1. The molecule has 446 valence electrons. The molecule has 0 aromatic heterocycles. The summed E-state index contributed by atoms with van der Waals surface area (Å²) >= 11 is 0. The van der Waals surface area contributed by atoms with Crippen LogP contribution in [0.15, 0.2) is 24.3 Å². The van der Waals surface area contributed by atoms with Crippen LogP contribution in [0.1, 0.15) is 200 Å². The zero-order valence-electron chi connectivity index (χ0n) is 46.2. The number of carbonyl (C=O) groups is 1. The maximum absolute atomic E-state index is 13.1. The Bertz CT molecular complexity index is 1490. The lowest BCUT2D eigenvalue weighted by Gasteiger charge is -2.48. The molecule has 3 fully saturated rings. The van der Waals surface area contributed by atoms with E-state index in [0.717, 1.165) is 51.4 Å². The second kappa shape index (κ2) is 41.3. The van der Waals surface area contributed by atoms with Crippen LogP contribution in [-0.4, -0.2) is 193 Å². The molecule has 17 unspecified atom stereocenters. The van der Waals surface area contributed by atoms with Gasteiger partial charge in [-0.05, 0) is 32.1 Å². The van der Waals surface area contributed by atoms with Crippen molar-refractivity contribution in [3.63, 3.8) is 0 Å². The molecule has 17 atom stereocenters. The second-order valence-electron chi connectivity index (χ2n) is 21.5. The number of hydrogen-bond acceptors (Lipinski definition) is 18.